The van der Waals surface area contributed by atoms with Crippen molar-refractivity contribution in [3.05, 3.63) is 60.2 Å². The average molecular weight is 403 g/mol. The summed E-state index contributed by atoms with van der Waals surface area (Å²) < 4.78 is 32.2. The van der Waals surface area contributed by atoms with Gasteiger partial charge in [0, 0.05) is 19.0 Å². The highest BCUT2D eigenvalue weighted by atomic mass is 32.2. The highest BCUT2D eigenvalue weighted by molar-refractivity contribution is 7.89. The third-order valence-corrected chi connectivity index (χ3v) is 7.09. The van der Waals surface area contributed by atoms with Crippen LogP contribution < -0.4 is 10.1 Å². The van der Waals surface area contributed by atoms with E-state index in [1.54, 1.807) is 24.3 Å². The first kappa shape index (κ1) is 20.4. The van der Waals surface area contributed by atoms with Crippen molar-refractivity contribution in [1.82, 2.24) is 9.62 Å². The smallest absolute Gasteiger partial charge is 0.243 e. The molecule has 28 heavy (non-hydrogen) atoms. The number of carbonyl (C=O) groups is 1. The number of amides is 1. The summed E-state index contributed by atoms with van der Waals surface area (Å²) in [6, 6.07) is 16.1. The largest absolute Gasteiger partial charge is 0.497 e. The molecule has 1 saturated heterocycles. The molecule has 150 valence electrons. The maximum atomic E-state index is 12.8. The van der Waals surface area contributed by atoms with E-state index in [9.17, 15) is 13.2 Å². The molecule has 0 radical (unpaired) electrons. The van der Waals surface area contributed by atoms with E-state index in [1.807, 2.05) is 37.3 Å². The first-order valence-corrected chi connectivity index (χ1v) is 10.9. The third-order valence-electron chi connectivity index (χ3n) is 5.18. The first-order chi connectivity index (χ1) is 13.4. The first-order valence-electron chi connectivity index (χ1n) is 9.41. The Morgan fingerprint density at radius 2 is 1.68 bits per heavy atom. The number of ether oxygens (including phenoxy) is 1. The zero-order valence-corrected chi connectivity index (χ0v) is 17.0. The number of sulfonamides is 1. The summed E-state index contributed by atoms with van der Waals surface area (Å²) in [5.74, 6) is 0.424. The topological polar surface area (TPSA) is 75.7 Å². The summed E-state index contributed by atoms with van der Waals surface area (Å²) in [5.41, 5.74) is 1.05. The van der Waals surface area contributed by atoms with E-state index in [4.69, 9.17) is 4.74 Å². The standard InChI is InChI=1S/C21H26N2O4S/c1-16(17-6-4-3-5-7-17)22-21(24)18-12-14-23(15-13-18)28(25,26)20-10-8-19(27-2)9-11-20/h3-11,16,18H,12-15H2,1-2H3,(H,22,24). The lowest BCUT2D eigenvalue weighted by atomic mass is 9.96. The molecule has 3 rings (SSSR count). The second kappa shape index (κ2) is 8.75. The molecular formula is C21H26N2O4S. The van der Waals surface area contributed by atoms with E-state index in [2.05, 4.69) is 5.32 Å². The lowest BCUT2D eigenvalue weighted by Gasteiger charge is -2.31. The summed E-state index contributed by atoms with van der Waals surface area (Å²) >= 11 is 0. The Morgan fingerprint density at radius 3 is 2.25 bits per heavy atom. The second-order valence-electron chi connectivity index (χ2n) is 6.99. The molecule has 2 aromatic carbocycles. The lowest BCUT2D eigenvalue weighted by Crippen LogP contribution is -2.43. The number of rotatable bonds is 6. The molecule has 0 bridgehead atoms. The minimum Gasteiger partial charge on any atom is -0.497 e. The number of hydrogen-bond donors (Lipinski definition) is 1. The second-order valence-corrected chi connectivity index (χ2v) is 8.93. The Morgan fingerprint density at radius 1 is 1.07 bits per heavy atom. The Kier molecular flexibility index (Phi) is 6.36. The van der Waals surface area contributed by atoms with Gasteiger partial charge < -0.3 is 10.1 Å². The molecule has 1 unspecified atom stereocenters. The molecule has 0 saturated carbocycles. The molecule has 0 spiro atoms. The maximum absolute atomic E-state index is 12.8. The molecule has 1 amide bonds. The normalized spacial score (nSPS) is 17.1. The van der Waals surface area contributed by atoms with Gasteiger partial charge >= 0.3 is 0 Å². The molecule has 1 fully saturated rings. The fourth-order valence-corrected chi connectivity index (χ4v) is 4.88. The van der Waals surface area contributed by atoms with Crippen molar-refractivity contribution in [2.45, 2.75) is 30.7 Å². The number of nitrogens with zero attached hydrogens (tertiary/aromatic N) is 1. The number of piperidine rings is 1. The molecule has 1 aliphatic heterocycles. The molecular weight excluding hydrogens is 376 g/mol. The Hall–Kier alpha value is -2.38. The molecule has 1 aliphatic rings. The molecule has 0 aromatic heterocycles. The Bertz CT molecular complexity index is 890. The van der Waals surface area contributed by atoms with Gasteiger partial charge in [-0.2, -0.15) is 4.31 Å². The van der Waals surface area contributed by atoms with Gasteiger partial charge in [-0.25, -0.2) is 8.42 Å². The van der Waals surface area contributed by atoms with Crippen LogP contribution in [0.2, 0.25) is 0 Å². The van der Waals surface area contributed by atoms with Crippen LogP contribution in [0.1, 0.15) is 31.4 Å². The van der Waals surface area contributed by atoms with Gasteiger partial charge in [0.1, 0.15) is 5.75 Å². The quantitative estimate of drug-likeness (QED) is 0.806. The Labute approximate surface area is 166 Å². The molecule has 1 atom stereocenters. The van der Waals surface area contributed by atoms with Crippen molar-refractivity contribution in [1.29, 1.82) is 0 Å². The van der Waals surface area contributed by atoms with Crippen LogP contribution in [0.5, 0.6) is 5.75 Å². The summed E-state index contributed by atoms with van der Waals surface area (Å²) in [7, 11) is -2.02. The van der Waals surface area contributed by atoms with Crippen molar-refractivity contribution >= 4 is 15.9 Å². The maximum Gasteiger partial charge on any atom is 0.243 e. The van der Waals surface area contributed by atoms with Gasteiger partial charge in [-0.15, -0.1) is 0 Å². The van der Waals surface area contributed by atoms with Crippen LogP contribution in [-0.4, -0.2) is 38.8 Å². The predicted molar refractivity (Wildman–Crippen MR) is 107 cm³/mol. The predicted octanol–water partition coefficient (Wildman–Crippen LogP) is 2.97. The van der Waals surface area contributed by atoms with Crippen molar-refractivity contribution in [2.24, 2.45) is 5.92 Å². The van der Waals surface area contributed by atoms with Crippen LogP contribution >= 0.6 is 0 Å². The molecule has 1 heterocycles. The molecule has 1 N–H and O–H groups in total. The summed E-state index contributed by atoms with van der Waals surface area (Å²) in [6.45, 7) is 2.63. The van der Waals surface area contributed by atoms with Crippen molar-refractivity contribution in [3.8, 4) is 5.75 Å². The number of benzene rings is 2. The van der Waals surface area contributed by atoms with E-state index < -0.39 is 10.0 Å². The minimum absolute atomic E-state index is 0.0159. The van der Waals surface area contributed by atoms with Crippen molar-refractivity contribution < 1.29 is 17.9 Å². The van der Waals surface area contributed by atoms with E-state index in [0.717, 1.165) is 5.56 Å². The van der Waals surface area contributed by atoms with Gasteiger partial charge in [0.05, 0.1) is 18.0 Å². The zero-order valence-electron chi connectivity index (χ0n) is 16.2. The van der Waals surface area contributed by atoms with E-state index in [1.165, 1.54) is 11.4 Å². The molecule has 7 heteroatoms. The number of hydrogen-bond acceptors (Lipinski definition) is 4. The van der Waals surface area contributed by atoms with Crippen LogP contribution in [-0.2, 0) is 14.8 Å². The van der Waals surface area contributed by atoms with Gasteiger partial charge in [0.15, 0.2) is 0 Å². The van der Waals surface area contributed by atoms with Gasteiger partial charge in [-0.3, -0.25) is 4.79 Å². The van der Waals surface area contributed by atoms with Crippen LogP contribution in [0.4, 0.5) is 0 Å². The zero-order chi connectivity index (χ0) is 20.1. The lowest BCUT2D eigenvalue weighted by molar-refractivity contribution is -0.126. The van der Waals surface area contributed by atoms with Crippen LogP contribution in [0.3, 0.4) is 0 Å². The highest BCUT2D eigenvalue weighted by Gasteiger charge is 2.32. The molecule has 0 aliphatic carbocycles. The van der Waals surface area contributed by atoms with Gasteiger partial charge in [0.25, 0.3) is 0 Å². The van der Waals surface area contributed by atoms with E-state index in [-0.39, 0.29) is 22.8 Å². The van der Waals surface area contributed by atoms with Gasteiger partial charge in [-0.05, 0) is 49.6 Å². The van der Waals surface area contributed by atoms with Crippen LogP contribution in [0, 0.1) is 5.92 Å². The van der Waals surface area contributed by atoms with Gasteiger partial charge in [0.2, 0.25) is 15.9 Å². The van der Waals surface area contributed by atoms with Crippen molar-refractivity contribution in [2.75, 3.05) is 20.2 Å². The fraction of sp³-hybridized carbons (Fsp3) is 0.381. The number of nitrogens with one attached hydrogen (secondary N) is 1. The monoisotopic (exact) mass is 402 g/mol. The van der Waals surface area contributed by atoms with Gasteiger partial charge in [-0.1, -0.05) is 30.3 Å². The Balaban J connectivity index is 1.58. The number of carbonyl (C=O) groups excluding carboxylic acids is 1. The summed E-state index contributed by atoms with van der Waals surface area (Å²) in [6.07, 6.45) is 1.03. The number of methoxy groups -OCH3 is 1. The third kappa shape index (κ3) is 4.54. The average Bonchev–Trinajstić information content (AvgIpc) is 2.74. The summed E-state index contributed by atoms with van der Waals surface area (Å²) in [4.78, 5) is 12.8. The summed E-state index contributed by atoms with van der Waals surface area (Å²) in [5, 5.41) is 3.04. The molecule has 6 nitrogen and oxygen atoms in total. The highest BCUT2D eigenvalue weighted by Crippen LogP contribution is 2.26. The van der Waals surface area contributed by atoms with Crippen LogP contribution in [0.15, 0.2) is 59.5 Å². The SMILES string of the molecule is COc1ccc(S(=O)(=O)N2CCC(C(=O)NC(C)c3ccccc3)CC2)cc1. The van der Waals surface area contributed by atoms with Crippen LogP contribution in [0.25, 0.3) is 0 Å². The van der Waals surface area contributed by atoms with E-state index in [0.29, 0.717) is 31.7 Å². The van der Waals surface area contributed by atoms with E-state index >= 15 is 0 Å². The molecule has 2 aromatic rings. The minimum atomic E-state index is -3.56. The van der Waals surface area contributed by atoms with Crippen molar-refractivity contribution in [3.63, 3.8) is 0 Å². The fourth-order valence-electron chi connectivity index (χ4n) is 3.41.